The lowest BCUT2D eigenvalue weighted by molar-refractivity contribution is -0.111. The molecule has 280 valence electrons. The molecule has 0 radical (unpaired) electrons. The van der Waals surface area contributed by atoms with Crippen LogP contribution in [0.15, 0.2) is 24.3 Å². The van der Waals surface area contributed by atoms with E-state index < -0.39 is 34.7 Å². The van der Waals surface area contributed by atoms with Crippen molar-refractivity contribution in [3.8, 4) is 0 Å². The summed E-state index contributed by atoms with van der Waals surface area (Å²) in [4.78, 5) is 20.7. The van der Waals surface area contributed by atoms with Gasteiger partial charge in [-0.3, -0.25) is 9.11 Å². The highest BCUT2D eigenvalue weighted by atomic mass is 32.3. The minimum atomic E-state index is -4.67. The summed E-state index contributed by atoms with van der Waals surface area (Å²) in [6.07, 6.45) is 38.0. The molecule has 0 aliphatic carbocycles. The highest BCUT2D eigenvalue weighted by molar-refractivity contribution is 7.79. The first-order valence-corrected chi connectivity index (χ1v) is 19.6. The fourth-order valence-electron chi connectivity index (χ4n) is 4.74. The van der Waals surface area contributed by atoms with E-state index in [0.29, 0.717) is 12.6 Å². The predicted octanol–water partition coefficient (Wildman–Crippen LogP) is 7.61. The van der Waals surface area contributed by atoms with Crippen LogP contribution in [-0.2, 0) is 20.0 Å². The van der Waals surface area contributed by atoms with Crippen LogP contribution in [-0.4, -0.2) is 64.6 Å². The van der Waals surface area contributed by atoms with Crippen molar-refractivity contribution in [2.45, 2.75) is 192 Å². The van der Waals surface area contributed by atoms with Gasteiger partial charge in [-0.15, -0.1) is 0 Å². The van der Waals surface area contributed by atoms with E-state index in [0.717, 1.165) is 25.7 Å². The first kappa shape index (κ1) is 49.9. The third kappa shape index (κ3) is 49.0. The van der Waals surface area contributed by atoms with Crippen LogP contribution in [0.1, 0.15) is 168 Å². The van der Waals surface area contributed by atoms with Gasteiger partial charge in [-0.25, -0.2) is 0 Å². The van der Waals surface area contributed by atoms with Crippen LogP contribution >= 0.6 is 0 Å². The van der Waals surface area contributed by atoms with Crippen LogP contribution in [0.25, 0.3) is 0 Å². The van der Waals surface area contributed by atoms with Crippen LogP contribution in [0, 0.1) is 0 Å². The molecule has 0 aromatic rings. The van der Waals surface area contributed by atoms with Crippen molar-refractivity contribution in [2.75, 3.05) is 0 Å². The van der Waals surface area contributed by atoms with E-state index in [9.17, 15) is 19.8 Å². The Balaban J connectivity index is -0.000000719. The van der Waals surface area contributed by atoms with Crippen molar-refractivity contribution in [1.29, 1.82) is 0 Å². The van der Waals surface area contributed by atoms with Crippen LogP contribution < -0.4 is 11.5 Å². The summed E-state index contributed by atoms with van der Waals surface area (Å²) in [6.45, 7) is 4.51. The molecule has 0 fully saturated rings. The number of allylic oxidation sites excluding steroid dienone is 2. The first-order chi connectivity index (χ1) is 22.4. The summed E-state index contributed by atoms with van der Waals surface area (Å²) in [6, 6.07) is -1.59. The Bertz CT molecular complexity index is 764. The zero-order chi connectivity index (χ0) is 36.0. The van der Waals surface area contributed by atoms with E-state index in [2.05, 4.69) is 13.8 Å². The molecule has 10 nitrogen and oxygen atoms in total. The van der Waals surface area contributed by atoms with E-state index in [4.69, 9.17) is 29.0 Å². The molecule has 0 aliphatic heterocycles. The number of aliphatic hydroxyl groups excluding tert-OH is 2. The van der Waals surface area contributed by atoms with E-state index in [1.54, 1.807) is 12.2 Å². The Morgan fingerprint density at radius 1 is 0.489 bits per heavy atom. The van der Waals surface area contributed by atoms with Crippen molar-refractivity contribution >= 4 is 23.0 Å². The standard InChI is InChI=1S/2C18H35NO2.H2O4S/c2*1-2-3-4-5-6-7-8-9-10-11-12-13-14-15-18(21)17(19)16-20;1-5(2,3)4/h2*14-18,21H,2-13,19H2,1H3;(H2,1,2,3,4)/b2*15-14+;. The highest BCUT2D eigenvalue weighted by Crippen LogP contribution is 2.13. The number of aldehydes is 2. The van der Waals surface area contributed by atoms with Crippen molar-refractivity contribution < 1.29 is 37.3 Å². The molecule has 4 atom stereocenters. The van der Waals surface area contributed by atoms with Crippen molar-refractivity contribution in [3.63, 3.8) is 0 Å². The fraction of sp³-hybridized carbons (Fsp3) is 0.833. The lowest BCUT2D eigenvalue weighted by Gasteiger charge is -2.07. The molecule has 0 bridgehead atoms. The maximum Gasteiger partial charge on any atom is 0.394 e. The molecule has 8 N–H and O–H groups in total. The number of rotatable bonds is 30. The van der Waals surface area contributed by atoms with Gasteiger partial charge in [0.05, 0.1) is 24.3 Å². The molecule has 0 saturated carbocycles. The van der Waals surface area contributed by atoms with Crippen molar-refractivity contribution in [1.82, 2.24) is 0 Å². The SMILES string of the molecule is CCCCCCCCCCCCC/C=C/C(O)C(N)C=O.CCCCCCCCCCCCC/C=C/C(O)C(N)C=O.O=S(=O)(O)O. The average molecular weight is 693 g/mol. The van der Waals surface area contributed by atoms with Gasteiger partial charge in [-0.2, -0.15) is 8.42 Å². The van der Waals surface area contributed by atoms with Gasteiger partial charge < -0.3 is 31.3 Å². The third-order valence-electron chi connectivity index (χ3n) is 7.72. The van der Waals surface area contributed by atoms with Gasteiger partial charge in [-0.1, -0.05) is 167 Å². The summed E-state index contributed by atoms with van der Waals surface area (Å²) in [5, 5.41) is 18.9. The summed E-state index contributed by atoms with van der Waals surface area (Å²) in [5.41, 5.74) is 10.8. The molecule has 0 rings (SSSR count). The van der Waals surface area contributed by atoms with E-state index in [1.807, 2.05) is 12.2 Å². The summed E-state index contributed by atoms with van der Waals surface area (Å²) < 4.78 is 31.6. The Hall–Kier alpha value is -1.47. The van der Waals surface area contributed by atoms with Crippen LogP contribution in [0.3, 0.4) is 0 Å². The quantitative estimate of drug-likeness (QED) is 0.0188. The number of carbonyl (C=O) groups excluding carboxylic acids is 2. The predicted molar refractivity (Wildman–Crippen MR) is 195 cm³/mol. The normalized spacial score (nSPS) is 14.1. The number of hydrogen-bond acceptors (Lipinski definition) is 8. The summed E-state index contributed by atoms with van der Waals surface area (Å²) >= 11 is 0. The molecule has 0 spiro atoms. The Labute approximate surface area is 287 Å². The fourth-order valence-corrected chi connectivity index (χ4v) is 4.74. The number of carbonyl (C=O) groups is 2. The molecular weight excluding hydrogens is 620 g/mol. The number of hydrogen-bond donors (Lipinski definition) is 6. The van der Waals surface area contributed by atoms with E-state index in [1.165, 1.54) is 128 Å². The number of aliphatic hydroxyl groups is 2. The average Bonchev–Trinajstić information content (AvgIpc) is 3.03. The van der Waals surface area contributed by atoms with Crippen LogP contribution in [0.4, 0.5) is 0 Å². The molecule has 47 heavy (non-hydrogen) atoms. The Kier molecular flexibility index (Phi) is 41.4. The topological polar surface area (TPSA) is 201 Å². The third-order valence-corrected chi connectivity index (χ3v) is 7.72. The molecule has 0 aromatic heterocycles. The van der Waals surface area contributed by atoms with E-state index in [-0.39, 0.29) is 0 Å². The molecule has 11 heteroatoms. The van der Waals surface area contributed by atoms with Crippen molar-refractivity contribution in [3.05, 3.63) is 24.3 Å². The largest absolute Gasteiger partial charge is 0.394 e. The maximum atomic E-state index is 10.4. The minimum absolute atomic E-state index is 0.581. The maximum absolute atomic E-state index is 10.4. The second-order valence-electron chi connectivity index (χ2n) is 12.4. The molecule has 0 aromatic carbocycles. The Morgan fingerprint density at radius 2 is 0.702 bits per heavy atom. The van der Waals surface area contributed by atoms with Gasteiger partial charge in [0.1, 0.15) is 12.6 Å². The van der Waals surface area contributed by atoms with Gasteiger partial charge >= 0.3 is 10.4 Å². The first-order valence-electron chi connectivity index (χ1n) is 18.3. The van der Waals surface area contributed by atoms with Gasteiger partial charge in [0.2, 0.25) is 0 Å². The molecule has 0 saturated heterocycles. The zero-order valence-corrected chi connectivity index (χ0v) is 30.5. The molecule has 4 unspecified atom stereocenters. The lowest BCUT2D eigenvalue weighted by Crippen LogP contribution is -2.34. The molecular formula is C36H72N2O8S. The molecule has 0 heterocycles. The second kappa shape index (κ2) is 39.0. The lowest BCUT2D eigenvalue weighted by atomic mass is 10.0. The second-order valence-corrected chi connectivity index (χ2v) is 13.3. The van der Waals surface area contributed by atoms with Crippen LogP contribution in [0.5, 0.6) is 0 Å². The Morgan fingerprint density at radius 3 is 0.915 bits per heavy atom. The summed E-state index contributed by atoms with van der Waals surface area (Å²) in [7, 11) is -4.67. The van der Waals surface area contributed by atoms with Gasteiger partial charge in [0.25, 0.3) is 0 Å². The van der Waals surface area contributed by atoms with Gasteiger partial charge in [0.15, 0.2) is 0 Å². The number of unbranched alkanes of at least 4 members (excludes halogenated alkanes) is 22. The van der Waals surface area contributed by atoms with Gasteiger partial charge in [0, 0.05) is 0 Å². The number of nitrogens with two attached hydrogens (primary N) is 2. The van der Waals surface area contributed by atoms with Crippen molar-refractivity contribution in [2.24, 2.45) is 11.5 Å². The van der Waals surface area contributed by atoms with Gasteiger partial charge in [-0.05, 0) is 25.7 Å². The minimum Gasteiger partial charge on any atom is -0.387 e. The van der Waals surface area contributed by atoms with Crippen LogP contribution in [0.2, 0.25) is 0 Å². The monoisotopic (exact) mass is 693 g/mol. The summed E-state index contributed by atoms with van der Waals surface area (Å²) in [5.74, 6) is 0. The molecule has 0 amide bonds. The zero-order valence-electron chi connectivity index (χ0n) is 29.7. The van der Waals surface area contributed by atoms with E-state index >= 15 is 0 Å². The smallest absolute Gasteiger partial charge is 0.387 e. The highest BCUT2D eigenvalue weighted by Gasteiger charge is 2.09. The molecule has 0 aliphatic rings.